The third-order valence-corrected chi connectivity index (χ3v) is 6.23. The number of nitrogens with zero attached hydrogens (tertiary/aromatic N) is 1. The van der Waals surface area contributed by atoms with Crippen molar-refractivity contribution < 1.29 is 14.4 Å². The van der Waals surface area contributed by atoms with Crippen LogP contribution in [0.4, 0.5) is 11.4 Å². The van der Waals surface area contributed by atoms with E-state index in [9.17, 15) is 14.4 Å². The smallest absolute Gasteiger partial charge is 0.321 e. The molecule has 0 radical (unpaired) electrons. The van der Waals surface area contributed by atoms with Gasteiger partial charge in [0.1, 0.15) is 5.69 Å². The van der Waals surface area contributed by atoms with Crippen LogP contribution in [0.2, 0.25) is 5.02 Å². The molecule has 0 bridgehead atoms. The number of aryl methyl sites for hydroxylation is 3. The molecule has 0 unspecified atom stereocenters. The number of halogens is 2. The van der Waals surface area contributed by atoms with Gasteiger partial charge in [-0.2, -0.15) is 0 Å². The largest absolute Gasteiger partial charge is 0.328 e. The summed E-state index contributed by atoms with van der Waals surface area (Å²) >= 11 is 9.53. The molecule has 4 rings (SSSR count). The topological polar surface area (TPSA) is 92.2 Å². The zero-order chi connectivity index (χ0) is 25.3. The Balaban J connectivity index is 1.63. The third kappa shape index (κ3) is 5.55. The van der Waals surface area contributed by atoms with Crippen molar-refractivity contribution in [1.82, 2.24) is 4.68 Å². The molecule has 3 N–H and O–H groups in total. The van der Waals surface area contributed by atoms with Gasteiger partial charge in [-0.3, -0.25) is 19.8 Å². The molecule has 178 valence electrons. The van der Waals surface area contributed by atoms with Crippen LogP contribution in [0.3, 0.4) is 0 Å². The van der Waals surface area contributed by atoms with Crippen molar-refractivity contribution in [3.8, 4) is 0 Å². The molecule has 0 aliphatic heterocycles. The number of carbonyl (C=O) groups excluding carboxylic acids is 3. The Labute approximate surface area is 215 Å². The minimum absolute atomic E-state index is 0.164. The number of carbonyl (C=O) groups is 3. The fourth-order valence-electron chi connectivity index (χ4n) is 3.73. The maximum Gasteiger partial charge on any atom is 0.328 e. The summed E-state index contributed by atoms with van der Waals surface area (Å²) in [5.74, 6) is -2.28. The Hall–Kier alpha value is -3.62. The number of benzene rings is 3. The van der Waals surface area contributed by atoms with Crippen LogP contribution in [0.25, 0.3) is 10.9 Å². The molecule has 0 fully saturated rings. The standard InChI is InChI=1S/C26H22BrClN4O3/c1-14-8-15(2)10-20(9-14)30-24(33)23-12-17-11-18(27)5-7-22(17)32(23)31-26(35)25(34)29-19-6-4-16(3)21(28)13-19/h4-13H,1-3H3,(H,29,34)(H,30,33)(H,31,35). The summed E-state index contributed by atoms with van der Waals surface area (Å²) in [6, 6.07) is 17.7. The first kappa shape index (κ1) is 24.5. The van der Waals surface area contributed by atoms with E-state index in [4.69, 9.17) is 11.6 Å². The lowest BCUT2D eigenvalue weighted by Crippen LogP contribution is -2.36. The van der Waals surface area contributed by atoms with Crippen molar-refractivity contribution in [3.63, 3.8) is 0 Å². The molecule has 4 aromatic rings. The van der Waals surface area contributed by atoms with Gasteiger partial charge in [-0.15, -0.1) is 0 Å². The van der Waals surface area contributed by atoms with E-state index in [-0.39, 0.29) is 5.69 Å². The molecule has 3 amide bonds. The number of nitrogens with one attached hydrogen (secondary N) is 3. The SMILES string of the molecule is Cc1cc(C)cc(NC(=O)c2cc3cc(Br)ccc3n2NC(=O)C(=O)Nc2ccc(C)c(Cl)c2)c1. The van der Waals surface area contributed by atoms with Crippen molar-refractivity contribution in [1.29, 1.82) is 0 Å². The number of fused-ring (bicyclic) bond motifs is 1. The Bertz CT molecular complexity index is 1480. The molecule has 1 aromatic heterocycles. The van der Waals surface area contributed by atoms with Crippen LogP contribution in [0.15, 0.2) is 65.1 Å². The molecule has 0 aliphatic carbocycles. The van der Waals surface area contributed by atoms with E-state index >= 15 is 0 Å². The van der Waals surface area contributed by atoms with E-state index in [1.54, 1.807) is 36.4 Å². The van der Waals surface area contributed by atoms with E-state index in [2.05, 4.69) is 32.0 Å². The highest BCUT2D eigenvalue weighted by molar-refractivity contribution is 9.10. The predicted molar refractivity (Wildman–Crippen MR) is 143 cm³/mol. The summed E-state index contributed by atoms with van der Waals surface area (Å²) in [6.07, 6.45) is 0. The van der Waals surface area contributed by atoms with Gasteiger partial charge in [-0.05, 0) is 86.0 Å². The lowest BCUT2D eigenvalue weighted by Gasteiger charge is -2.13. The van der Waals surface area contributed by atoms with Gasteiger partial charge in [0.15, 0.2) is 0 Å². The average molecular weight is 554 g/mol. The number of rotatable bonds is 4. The molecule has 0 saturated heterocycles. The average Bonchev–Trinajstić information content (AvgIpc) is 3.13. The highest BCUT2D eigenvalue weighted by Crippen LogP contribution is 2.25. The van der Waals surface area contributed by atoms with Crippen molar-refractivity contribution in [2.24, 2.45) is 0 Å². The van der Waals surface area contributed by atoms with Crippen molar-refractivity contribution in [2.45, 2.75) is 20.8 Å². The first-order valence-corrected chi connectivity index (χ1v) is 11.9. The number of hydrogen-bond donors (Lipinski definition) is 3. The second-order valence-electron chi connectivity index (χ2n) is 8.26. The fourth-order valence-corrected chi connectivity index (χ4v) is 4.29. The quantitative estimate of drug-likeness (QED) is 0.273. The second kappa shape index (κ2) is 9.93. The van der Waals surface area contributed by atoms with Crippen LogP contribution in [-0.4, -0.2) is 22.4 Å². The van der Waals surface area contributed by atoms with Crippen LogP contribution >= 0.6 is 27.5 Å². The highest BCUT2D eigenvalue weighted by atomic mass is 79.9. The van der Waals surface area contributed by atoms with E-state index in [1.165, 1.54) is 4.68 Å². The van der Waals surface area contributed by atoms with E-state index in [0.717, 1.165) is 21.2 Å². The number of aromatic nitrogens is 1. The van der Waals surface area contributed by atoms with E-state index in [0.29, 0.717) is 27.3 Å². The Morgan fingerprint density at radius 2 is 1.51 bits per heavy atom. The highest BCUT2D eigenvalue weighted by Gasteiger charge is 2.21. The minimum atomic E-state index is -0.942. The van der Waals surface area contributed by atoms with Crippen LogP contribution in [0, 0.1) is 20.8 Å². The van der Waals surface area contributed by atoms with Crippen molar-refractivity contribution >= 4 is 67.5 Å². The molecule has 3 aromatic carbocycles. The fraction of sp³-hybridized carbons (Fsp3) is 0.115. The second-order valence-corrected chi connectivity index (χ2v) is 9.58. The van der Waals surface area contributed by atoms with E-state index < -0.39 is 17.7 Å². The molecule has 0 atom stereocenters. The summed E-state index contributed by atoms with van der Waals surface area (Å²) in [7, 11) is 0. The van der Waals surface area contributed by atoms with Gasteiger partial charge in [0, 0.05) is 26.3 Å². The summed E-state index contributed by atoms with van der Waals surface area (Å²) in [5, 5.41) is 6.57. The molecule has 0 saturated carbocycles. The van der Waals surface area contributed by atoms with Crippen molar-refractivity contribution in [3.05, 3.63) is 92.5 Å². The maximum absolute atomic E-state index is 13.2. The molecular weight excluding hydrogens is 532 g/mol. The molecule has 1 heterocycles. The number of anilines is 2. The monoisotopic (exact) mass is 552 g/mol. The maximum atomic E-state index is 13.2. The van der Waals surface area contributed by atoms with Crippen molar-refractivity contribution in [2.75, 3.05) is 16.1 Å². The van der Waals surface area contributed by atoms with Gasteiger partial charge in [0.2, 0.25) is 0 Å². The van der Waals surface area contributed by atoms with Gasteiger partial charge in [-0.25, -0.2) is 4.68 Å². The summed E-state index contributed by atoms with van der Waals surface area (Å²) in [5.41, 5.74) is 7.13. The van der Waals surface area contributed by atoms with Gasteiger partial charge < -0.3 is 10.6 Å². The summed E-state index contributed by atoms with van der Waals surface area (Å²) in [6.45, 7) is 5.72. The van der Waals surface area contributed by atoms with Crippen LogP contribution in [-0.2, 0) is 9.59 Å². The molecule has 0 aliphatic rings. The third-order valence-electron chi connectivity index (χ3n) is 5.33. The van der Waals surface area contributed by atoms with Crippen LogP contribution in [0.1, 0.15) is 27.2 Å². The Kier molecular flexibility index (Phi) is 6.95. The molecule has 35 heavy (non-hydrogen) atoms. The lowest BCUT2D eigenvalue weighted by molar-refractivity contribution is -0.133. The Morgan fingerprint density at radius 1 is 0.800 bits per heavy atom. The first-order valence-electron chi connectivity index (χ1n) is 10.7. The lowest BCUT2D eigenvalue weighted by atomic mass is 10.1. The van der Waals surface area contributed by atoms with Gasteiger partial charge in [0.05, 0.1) is 5.52 Å². The van der Waals surface area contributed by atoms with Gasteiger partial charge in [-0.1, -0.05) is 39.7 Å². The van der Waals surface area contributed by atoms with Crippen LogP contribution in [0.5, 0.6) is 0 Å². The molecule has 0 spiro atoms. The summed E-state index contributed by atoms with van der Waals surface area (Å²) in [4.78, 5) is 38.6. The number of hydrogen-bond acceptors (Lipinski definition) is 3. The molecular formula is C26H22BrClN4O3. The number of amides is 3. The van der Waals surface area contributed by atoms with Crippen LogP contribution < -0.4 is 16.1 Å². The normalized spacial score (nSPS) is 10.8. The summed E-state index contributed by atoms with van der Waals surface area (Å²) < 4.78 is 2.12. The first-order chi connectivity index (χ1) is 16.6. The zero-order valence-corrected chi connectivity index (χ0v) is 21.5. The van der Waals surface area contributed by atoms with E-state index in [1.807, 2.05) is 45.0 Å². The van der Waals surface area contributed by atoms with Gasteiger partial charge in [0.25, 0.3) is 5.91 Å². The Morgan fingerprint density at radius 3 is 2.20 bits per heavy atom. The zero-order valence-electron chi connectivity index (χ0n) is 19.2. The molecule has 9 heteroatoms. The minimum Gasteiger partial charge on any atom is -0.321 e. The molecule has 7 nitrogen and oxygen atoms in total. The van der Waals surface area contributed by atoms with Gasteiger partial charge >= 0.3 is 11.8 Å². The predicted octanol–water partition coefficient (Wildman–Crippen LogP) is 5.94.